The van der Waals surface area contributed by atoms with Crippen molar-refractivity contribution in [3.8, 4) is 5.75 Å². The number of hydrogen-bond acceptors (Lipinski definition) is 4. The minimum absolute atomic E-state index is 0.00995. The van der Waals surface area contributed by atoms with E-state index >= 15 is 0 Å². The number of ether oxygens (including phenoxy) is 2. The Morgan fingerprint density at radius 3 is 2.56 bits per heavy atom. The average Bonchev–Trinajstić information content (AvgIpc) is 3.23. The first-order valence-electron chi connectivity index (χ1n) is 12.0. The summed E-state index contributed by atoms with van der Waals surface area (Å²) in [6.07, 6.45) is 3.37. The largest absolute Gasteiger partial charge is 0.426 e. The number of hydrogen-bond donors (Lipinski definition) is 0. The van der Waals surface area contributed by atoms with Crippen LogP contribution in [0.15, 0.2) is 36.4 Å². The number of rotatable bonds is 7. The zero-order valence-electron chi connectivity index (χ0n) is 19.9. The molecular weight excluding hydrogens is 402 g/mol. The topological polar surface area (TPSA) is 55.8 Å². The summed E-state index contributed by atoms with van der Waals surface area (Å²) in [4.78, 5) is 27.8. The molecule has 5 nitrogen and oxygen atoms in total. The highest BCUT2D eigenvalue weighted by Crippen LogP contribution is 2.50. The quantitative estimate of drug-likeness (QED) is 0.319. The number of benzene rings is 2. The van der Waals surface area contributed by atoms with Gasteiger partial charge in [0.2, 0.25) is 5.91 Å². The van der Waals surface area contributed by atoms with Crippen molar-refractivity contribution in [2.45, 2.75) is 78.0 Å². The van der Waals surface area contributed by atoms with E-state index in [9.17, 15) is 9.59 Å². The van der Waals surface area contributed by atoms with Crippen molar-refractivity contribution in [1.82, 2.24) is 4.90 Å². The van der Waals surface area contributed by atoms with E-state index in [1.165, 1.54) is 0 Å². The van der Waals surface area contributed by atoms with Crippen LogP contribution in [-0.4, -0.2) is 35.2 Å². The maximum absolute atomic E-state index is 13.5. The summed E-state index contributed by atoms with van der Waals surface area (Å²) in [5, 5.41) is 1.96. The number of amides is 1. The summed E-state index contributed by atoms with van der Waals surface area (Å²) in [5.74, 6) is 0.718. The molecule has 0 radical (unpaired) electrons. The monoisotopic (exact) mass is 437 g/mol. The Morgan fingerprint density at radius 1 is 1.16 bits per heavy atom. The van der Waals surface area contributed by atoms with Crippen LogP contribution in [0.3, 0.4) is 0 Å². The molecule has 0 saturated carbocycles. The average molecular weight is 438 g/mol. The molecule has 1 unspecified atom stereocenters. The second-order valence-electron chi connectivity index (χ2n) is 9.96. The van der Waals surface area contributed by atoms with Crippen molar-refractivity contribution in [2.24, 2.45) is 11.8 Å². The van der Waals surface area contributed by atoms with Gasteiger partial charge in [0.25, 0.3) is 0 Å². The molecule has 2 heterocycles. The van der Waals surface area contributed by atoms with E-state index in [2.05, 4.69) is 32.9 Å². The number of fused-ring (bicyclic) bond motifs is 2. The Balaban J connectivity index is 1.73. The van der Waals surface area contributed by atoms with E-state index in [0.29, 0.717) is 18.8 Å². The van der Waals surface area contributed by atoms with Gasteiger partial charge in [0, 0.05) is 23.6 Å². The fourth-order valence-corrected chi connectivity index (χ4v) is 5.55. The molecule has 5 heteroatoms. The highest BCUT2D eigenvalue weighted by Gasteiger charge is 2.58. The second-order valence-corrected chi connectivity index (χ2v) is 9.96. The maximum Gasteiger partial charge on any atom is 0.311 e. The Morgan fingerprint density at radius 2 is 1.88 bits per heavy atom. The van der Waals surface area contributed by atoms with Gasteiger partial charge in [-0.1, -0.05) is 63.9 Å². The van der Waals surface area contributed by atoms with Gasteiger partial charge in [-0.2, -0.15) is 0 Å². The van der Waals surface area contributed by atoms with Crippen LogP contribution in [0, 0.1) is 11.8 Å². The molecule has 32 heavy (non-hydrogen) atoms. The van der Waals surface area contributed by atoms with E-state index in [1.54, 1.807) is 0 Å². The predicted octanol–water partition coefficient (Wildman–Crippen LogP) is 5.66. The fourth-order valence-electron chi connectivity index (χ4n) is 5.55. The first kappa shape index (κ1) is 22.8. The Bertz CT molecular complexity index is 1010. The smallest absolute Gasteiger partial charge is 0.311 e. The van der Waals surface area contributed by atoms with Gasteiger partial charge in [0.15, 0.2) is 0 Å². The maximum atomic E-state index is 13.5. The van der Waals surface area contributed by atoms with Gasteiger partial charge in [-0.3, -0.25) is 9.59 Å². The SMILES string of the molecule is CCCCCC(=O)Oc1ccc([C@@H]2C3COC(C)(C)N3C(=O)[C@@H]2C(C)C)c2ccccc12. The van der Waals surface area contributed by atoms with Crippen molar-refractivity contribution in [2.75, 3.05) is 6.61 Å². The van der Waals surface area contributed by atoms with Gasteiger partial charge in [0.1, 0.15) is 11.5 Å². The molecule has 0 spiro atoms. The minimum atomic E-state index is -0.590. The highest BCUT2D eigenvalue weighted by molar-refractivity contribution is 5.95. The molecule has 2 fully saturated rings. The summed E-state index contributed by atoms with van der Waals surface area (Å²) in [6, 6.07) is 12.0. The number of carbonyl (C=O) groups is 2. The number of nitrogens with zero attached hydrogens (tertiary/aromatic N) is 1. The van der Waals surface area contributed by atoms with E-state index in [4.69, 9.17) is 9.47 Å². The van der Waals surface area contributed by atoms with E-state index in [0.717, 1.165) is 35.6 Å². The van der Waals surface area contributed by atoms with Crippen LogP contribution in [0.5, 0.6) is 5.75 Å². The van der Waals surface area contributed by atoms with Gasteiger partial charge >= 0.3 is 5.97 Å². The lowest BCUT2D eigenvalue weighted by Crippen LogP contribution is -2.44. The lowest BCUT2D eigenvalue weighted by atomic mass is 9.77. The van der Waals surface area contributed by atoms with Crippen molar-refractivity contribution in [1.29, 1.82) is 0 Å². The van der Waals surface area contributed by atoms with Crippen LogP contribution >= 0.6 is 0 Å². The van der Waals surface area contributed by atoms with Gasteiger partial charge in [-0.25, -0.2) is 0 Å². The van der Waals surface area contributed by atoms with Crippen LogP contribution in [-0.2, 0) is 14.3 Å². The van der Waals surface area contributed by atoms with Crippen molar-refractivity contribution in [3.05, 3.63) is 42.0 Å². The zero-order valence-corrected chi connectivity index (χ0v) is 19.9. The lowest BCUT2D eigenvalue weighted by molar-refractivity contribution is -0.146. The Labute approximate surface area is 191 Å². The molecule has 1 amide bonds. The normalized spacial score (nSPS) is 24.4. The molecular formula is C27H35NO4. The van der Waals surface area contributed by atoms with Crippen LogP contribution in [0.25, 0.3) is 10.8 Å². The fraction of sp³-hybridized carbons (Fsp3) is 0.556. The van der Waals surface area contributed by atoms with Crippen LogP contribution in [0.1, 0.15) is 71.8 Å². The highest BCUT2D eigenvalue weighted by atomic mass is 16.5. The van der Waals surface area contributed by atoms with Gasteiger partial charge < -0.3 is 14.4 Å². The molecule has 3 atom stereocenters. The molecule has 4 rings (SSSR count). The van der Waals surface area contributed by atoms with E-state index in [1.807, 2.05) is 43.0 Å². The van der Waals surface area contributed by atoms with Crippen LogP contribution in [0.4, 0.5) is 0 Å². The van der Waals surface area contributed by atoms with Crippen molar-refractivity contribution < 1.29 is 19.1 Å². The molecule has 2 aromatic rings. The number of unbranched alkanes of at least 4 members (excludes halogenated alkanes) is 2. The Kier molecular flexibility index (Phi) is 6.30. The molecule has 2 aliphatic heterocycles. The van der Waals surface area contributed by atoms with Crippen molar-refractivity contribution in [3.63, 3.8) is 0 Å². The summed E-state index contributed by atoms with van der Waals surface area (Å²) in [7, 11) is 0. The van der Waals surface area contributed by atoms with E-state index < -0.39 is 5.72 Å². The zero-order chi connectivity index (χ0) is 23.0. The molecule has 2 saturated heterocycles. The summed E-state index contributed by atoms with van der Waals surface area (Å²) < 4.78 is 11.8. The predicted molar refractivity (Wildman–Crippen MR) is 125 cm³/mol. The third-order valence-electron chi connectivity index (χ3n) is 7.05. The standard InChI is InChI=1S/C27H35NO4/c1-6-7-8-13-23(29)32-22-15-14-20(18-11-9-10-12-19(18)22)25-21-16-31-27(4,5)28(21)26(30)24(25)17(2)3/h9-12,14-15,17,21,24-25H,6-8,13,16H2,1-5H3/t21?,24-,25-/m1/s1. The summed E-state index contributed by atoms with van der Waals surface area (Å²) in [6.45, 7) is 10.9. The Hall–Kier alpha value is -2.40. The third kappa shape index (κ3) is 3.92. The van der Waals surface area contributed by atoms with Gasteiger partial charge in [0.05, 0.1) is 12.6 Å². The van der Waals surface area contributed by atoms with E-state index in [-0.39, 0.29) is 35.7 Å². The minimum Gasteiger partial charge on any atom is -0.426 e. The molecule has 172 valence electrons. The van der Waals surface area contributed by atoms with Crippen molar-refractivity contribution >= 4 is 22.6 Å². The molecule has 2 aliphatic rings. The summed E-state index contributed by atoms with van der Waals surface area (Å²) in [5.41, 5.74) is 0.542. The third-order valence-corrected chi connectivity index (χ3v) is 7.05. The van der Waals surface area contributed by atoms with Gasteiger partial charge in [-0.05, 0) is 43.2 Å². The lowest BCUT2D eigenvalue weighted by Gasteiger charge is -2.30. The molecule has 0 bridgehead atoms. The molecule has 2 aromatic carbocycles. The molecule has 0 aliphatic carbocycles. The number of carbonyl (C=O) groups excluding carboxylic acids is 2. The molecule has 0 aromatic heterocycles. The van der Waals surface area contributed by atoms with Gasteiger partial charge in [-0.15, -0.1) is 0 Å². The first-order chi connectivity index (χ1) is 15.3. The second kappa shape index (κ2) is 8.86. The van der Waals surface area contributed by atoms with Crippen LogP contribution < -0.4 is 4.74 Å². The summed E-state index contributed by atoms with van der Waals surface area (Å²) >= 11 is 0. The number of esters is 1. The molecule has 0 N–H and O–H groups in total. The first-order valence-corrected chi connectivity index (χ1v) is 12.0. The van der Waals surface area contributed by atoms with Crippen LogP contribution in [0.2, 0.25) is 0 Å².